The molecule has 2 saturated carbocycles. The molecule has 2 aliphatic carbocycles. The van der Waals surface area contributed by atoms with E-state index in [0.29, 0.717) is 19.7 Å². The number of hydrogen-bond donors (Lipinski definition) is 1. The Balaban J connectivity index is 0.000000203. The summed E-state index contributed by atoms with van der Waals surface area (Å²) in [7, 11) is 9.91. The van der Waals surface area contributed by atoms with Crippen molar-refractivity contribution in [1.29, 1.82) is 0 Å². The monoisotopic (exact) mass is 975 g/mol. The fourth-order valence-corrected chi connectivity index (χ4v) is 9.72. The van der Waals surface area contributed by atoms with E-state index < -0.39 is 0 Å². The highest BCUT2D eigenvalue weighted by Crippen LogP contribution is 2.33. The van der Waals surface area contributed by atoms with Crippen molar-refractivity contribution < 1.29 is 14.3 Å². The molecule has 0 saturated heterocycles. The molecule has 0 unspecified atom stereocenters. The van der Waals surface area contributed by atoms with Crippen LogP contribution in [0.15, 0.2) is 150 Å². The van der Waals surface area contributed by atoms with Gasteiger partial charge in [-0.25, -0.2) is 0 Å². The smallest absolute Gasteiger partial charge is 0.230 e. The van der Waals surface area contributed by atoms with Crippen molar-refractivity contribution in [2.75, 3.05) is 73.4 Å². The Morgan fingerprint density at radius 1 is 0.515 bits per heavy atom. The lowest BCUT2D eigenvalue weighted by atomic mass is 9.88. The third kappa shape index (κ3) is 13.9. The van der Waals surface area contributed by atoms with Crippen LogP contribution in [0.2, 0.25) is 0 Å². The highest BCUT2D eigenvalue weighted by Gasteiger charge is 2.29. The van der Waals surface area contributed by atoms with Crippen LogP contribution in [0, 0.1) is 11.8 Å². The predicted molar refractivity (Wildman–Crippen MR) is 289 cm³/mol. The minimum Gasteiger partial charge on any atom is -0.383 e. The molecule has 0 heterocycles. The summed E-state index contributed by atoms with van der Waals surface area (Å²) in [6.07, 6.45) is 11.1. The average molecular weight is 977 g/mol. The fraction of sp³-hybridized carbons (Fsp3) is 0.356. The number of amides is 2. The molecule has 0 aliphatic heterocycles. The zero-order valence-electron chi connectivity index (χ0n) is 40.8. The number of methoxy groups -OCH3 is 1. The van der Waals surface area contributed by atoms with Gasteiger partial charge in [-0.2, -0.15) is 0 Å². The first-order valence-electron chi connectivity index (χ1n) is 24.5. The van der Waals surface area contributed by atoms with Gasteiger partial charge in [-0.3, -0.25) is 9.59 Å². The van der Waals surface area contributed by atoms with Gasteiger partial charge in [0.25, 0.3) is 0 Å². The fourth-order valence-electron chi connectivity index (χ4n) is 9.33. The maximum absolute atomic E-state index is 13.7. The minimum absolute atomic E-state index is 0.110. The van der Waals surface area contributed by atoms with Crippen molar-refractivity contribution in [3.8, 4) is 22.3 Å². The molecule has 356 valence electrons. The summed E-state index contributed by atoms with van der Waals surface area (Å²) >= 11 is 3.57. The molecule has 0 aromatic heterocycles. The van der Waals surface area contributed by atoms with Gasteiger partial charge >= 0.3 is 0 Å². The number of benzene rings is 6. The maximum atomic E-state index is 13.7. The molecule has 0 spiro atoms. The summed E-state index contributed by atoms with van der Waals surface area (Å²) in [4.78, 5) is 35.4. The first-order chi connectivity index (χ1) is 33.1. The Labute approximate surface area is 414 Å². The molecule has 1 N–H and O–H groups in total. The molecule has 2 amide bonds. The number of anilines is 5. The molecule has 68 heavy (non-hydrogen) atoms. The number of hydrogen-bond acceptors (Lipinski definition) is 6. The summed E-state index contributed by atoms with van der Waals surface area (Å²) in [6.45, 7) is 2.52. The standard InChI is InChI=1S/C31H39N3O2.C28H31BrN2O/c1-33(2)29-18-16-26(17-19-29)25-14-12-24(13-15-25)23-34(31(35)27-8-5-4-6-9-27)30-11-7-10-28(22-30)32-20-21-36-3;1-30(2)26-17-15-23(16-18-26)22-13-11-21(12-14-22)20-31(27-10-6-9-25(29)19-27)28(32)24-7-4-3-5-8-24/h7,10-19,22,27,32H,4-6,8-9,20-21,23H2,1-3H3;6,9-19,24H,3-5,7-8,20H2,1-2H3. The second-order valence-corrected chi connectivity index (χ2v) is 19.7. The first-order valence-corrected chi connectivity index (χ1v) is 25.3. The van der Waals surface area contributed by atoms with Crippen LogP contribution >= 0.6 is 15.9 Å². The van der Waals surface area contributed by atoms with Gasteiger partial charge in [-0.1, -0.05) is 139 Å². The van der Waals surface area contributed by atoms with Crippen LogP contribution in [0.5, 0.6) is 0 Å². The summed E-state index contributed by atoms with van der Waals surface area (Å²) in [5, 5.41) is 3.39. The zero-order valence-corrected chi connectivity index (χ0v) is 42.4. The molecule has 0 atom stereocenters. The third-order valence-electron chi connectivity index (χ3n) is 13.4. The van der Waals surface area contributed by atoms with Crippen molar-refractivity contribution >= 4 is 56.2 Å². The van der Waals surface area contributed by atoms with E-state index in [1.165, 1.54) is 46.5 Å². The SMILES string of the molecule is CN(C)c1ccc(-c2ccc(CN(C(=O)C3CCCCC3)c3cccc(Br)c3)cc2)cc1.COCCNc1cccc(N(Cc2ccc(-c3ccc(N(C)C)cc3)cc2)C(=O)C2CCCCC2)c1. The lowest BCUT2D eigenvalue weighted by molar-refractivity contribution is -0.124. The second-order valence-electron chi connectivity index (χ2n) is 18.7. The average Bonchev–Trinajstić information content (AvgIpc) is 3.38. The molecule has 6 aromatic carbocycles. The lowest BCUT2D eigenvalue weighted by Gasteiger charge is -2.30. The summed E-state index contributed by atoms with van der Waals surface area (Å²) in [5.74, 6) is 0.744. The quantitative estimate of drug-likeness (QED) is 0.0975. The molecular weight excluding hydrogens is 907 g/mol. The van der Waals surface area contributed by atoms with E-state index in [4.69, 9.17) is 4.74 Å². The van der Waals surface area contributed by atoms with Gasteiger partial charge in [0.1, 0.15) is 0 Å². The third-order valence-corrected chi connectivity index (χ3v) is 13.9. The van der Waals surface area contributed by atoms with Crippen LogP contribution in [0.25, 0.3) is 22.3 Å². The van der Waals surface area contributed by atoms with Gasteiger partial charge in [0.2, 0.25) is 11.8 Å². The number of carbonyl (C=O) groups is 2. The molecule has 2 fully saturated rings. The van der Waals surface area contributed by atoms with Crippen LogP contribution in [-0.4, -0.2) is 60.3 Å². The molecule has 0 radical (unpaired) electrons. The van der Waals surface area contributed by atoms with E-state index in [1.54, 1.807) is 7.11 Å². The van der Waals surface area contributed by atoms with Gasteiger partial charge in [-0.15, -0.1) is 0 Å². The molecule has 8 rings (SSSR count). The largest absolute Gasteiger partial charge is 0.383 e. The van der Waals surface area contributed by atoms with E-state index in [1.807, 2.05) is 52.3 Å². The van der Waals surface area contributed by atoms with Crippen LogP contribution < -0.4 is 24.9 Å². The normalized spacial score (nSPS) is 14.0. The van der Waals surface area contributed by atoms with Crippen LogP contribution in [0.1, 0.15) is 75.3 Å². The highest BCUT2D eigenvalue weighted by molar-refractivity contribution is 9.10. The topological polar surface area (TPSA) is 68.4 Å². The molecule has 2 aliphatic rings. The molecular formula is C59H70BrN5O3. The maximum Gasteiger partial charge on any atom is 0.230 e. The second kappa shape index (κ2) is 24.9. The van der Waals surface area contributed by atoms with E-state index >= 15 is 0 Å². The van der Waals surface area contributed by atoms with Gasteiger partial charge < -0.3 is 29.7 Å². The van der Waals surface area contributed by atoms with Gasteiger partial charge in [0.15, 0.2) is 0 Å². The molecule has 9 heteroatoms. The van der Waals surface area contributed by atoms with Crippen molar-refractivity contribution in [1.82, 2.24) is 0 Å². The van der Waals surface area contributed by atoms with Crippen LogP contribution in [0.4, 0.5) is 28.4 Å². The number of ether oxygens (including phenoxy) is 1. The number of rotatable bonds is 16. The predicted octanol–water partition coefficient (Wildman–Crippen LogP) is 13.9. The summed E-state index contributed by atoms with van der Waals surface area (Å²) in [5.41, 5.74) is 12.3. The Morgan fingerprint density at radius 2 is 0.912 bits per heavy atom. The number of halogens is 1. The van der Waals surface area contributed by atoms with Crippen LogP contribution in [0.3, 0.4) is 0 Å². The number of carbonyl (C=O) groups excluding carboxylic acids is 2. The minimum atomic E-state index is 0.110. The van der Waals surface area contributed by atoms with E-state index in [-0.39, 0.29) is 23.7 Å². The Kier molecular flexibility index (Phi) is 18.3. The Bertz CT molecular complexity index is 2500. The zero-order chi connectivity index (χ0) is 47.8. The van der Waals surface area contributed by atoms with Crippen molar-refractivity contribution in [2.45, 2.75) is 77.3 Å². The van der Waals surface area contributed by atoms with Crippen molar-refractivity contribution in [2.24, 2.45) is 11.8 Å². The number of nitrogens with one attached hydrogen (secondary N) is 1. The Hall–Kier alpha value is -5.90. The molecule has 6 aromatic rings. The van der Waals surface area contributed by atoms with E-state index in [0.717, 1.165) is 90.6 Å². The van der Waals surface area contributed by atoms with Crippen molar-refractivity contribution in [3.05, 3.63) is 161 Å². The van der Waals surface area contributed by atoms with Gasteiger partial charge in [-0.05, 0) is 120 Å². The van der Waals surface area contributed by atoms with E-state index in [9.17, 15) is 9.59 Å². The van der Waals surface area contributed by atoms with Crippen LogP contribution in [-0.2, 0) is 27.4 Å². The Morgan fingerprint density at radius 3 is 1.31 bits per heavy atom. The summed E-state index contributed by atoms with van der Waals surface area (Å²) < 4.78 is 6.16. The van der Waals surface area contributed by atoms with Gasteiger partial charge in [0.05, 0.1) is 19.7 Å². The van der Waals surface area contributed by atoms with E-state index in [2.05, 4.69) is 162 Å². The molecule has 8 nitrogen and oxygen atoms in total. The molecule has 0 bridgehead atoms. The first kappa shape index (κ1) is 50.0. The lowest BCUT2D eigenvalue weighted by Crippen LogP contribution is -2.36. The summed E-state index contributed by atoms with van der Waals surface area (Å²) in [6, 6.07) is 50.7. The highest BCUT2D eigenvalue weighted by atomic mass is 79.9. The number of nitrogens with zero attached hydrogens (tertiary/aromatic N) is 4. The van der Waals surface area contributed by atoms with Gasteiger partial charge in [0, 0.05) is 86.6 Å². The van der Waals surface area contributed by atoms with Crippen molar-refractivity contribution in [3.63, 3.8) is 0 Å².